The Kier molecular flexibility index (Phi) is 7.80. The molecule has 0 aliphatic carbocycles. The third kappa shape index (κ3) is 5.36. The number of furan rings is 1. The van der Waals surface area contributed by atoms with E-state index < -0.39 is 0 Å². The largest absolute Gasteiger partial charge is 0.491 e. The maximum Gasteiger partial charge on any atom is 0.267 e. The molecule has 2 amide bonds. The highest BCUT2D eigenvalue weighted by molar-refractivity contribution is 8.03. The Hall–Kier alpha value is -2.47. The van der Waals surface area contributed by atoms with Gasteiger partial charge in [0.1, 0.15) is 11.5 Å². The van der Waals surface area contributed by atoms with Crippen molar-refractivity contribution < 1.29 is 18.7 Å². The number of ether oxygens (including phenoxy) is 1. The Morgan fingerprint density at radius 2 is 1.80 bits per heavy atom. The molecule has 0 spiro atoms. The van der Waals surface area contributed by atoms with Gasteiger partial charge in [0.2, 0.25) is 0 Å². The average Bonchev–Trinajstić information content (AvgIpc) is 3.31. The minimum absolute atomic E-state index is 0.0720. The van der Waals surface area contributed by atoms with Crippen LogP contribution in [0.15, 0.2) is 52.0 Å². The van der Waals surface area contributed by atoms with Crippen LogP contribution in [-0.4, -0.2) is 29.4 Å². The molecule has 0 fully saturated rings. The van der Waals surface area contributed by atoms with Gasteiger partial charge in [0, 0.05) is 6.54 Å². The van der Waals surface area contributed by atoms with E-state index in [1.807, 2.05) is 50.2 Å². The first-order valence-corrected chi connectivity index (χ1v) is 11.5. The van der Waals surface area contributed by atoms with E-state index in [-0.39, 0.29) is 17.9 Å². The van der Waals surface area contributed by atoms with Crippen LogP contribution in [0, 0.1) is 0 Å². The molecule has 2 heterocycles. The summed E-state index contributed by atoms with van der Waals surface area (Å²) in [5.41, 5.74) is 1.21. The molecule has 6 heteroatoms. The van der Waals surface area contributed by atoms with Gasteiger partial charge in [-0.05, 0) is 50.1 Å². The zero-order chi connectivity index (χ0) is 21.5. The Bertz CT molecular complexity index is 884. The lowest BCUT2D eigenvalue weighted by Gasteiger charge is -2.15. The van der Waals surface area contributed by atoms with Crippen LogP contribution in [0.4, 0.5) is 0 Å². The van der Waals surface area contributed by atoms with Crippen LogP contribution in [0.5, 0.6) is 5.75 Å². The highest BCUT2D eigenvalue weighted by Crippen LogP contribution is 2.38. The molecule has 5 nitrogen and oxygen atoms in total. The van der Waals surface area contributed by atoms with Gasteiger partial charge in [-0.25, -0.2) is 0 Å². The molecule has 1 aromatic carbocycles. The van der Waals surface area contributed by atoms with E-state index in [1.165, 1.54) is 16.7 Å². The molecule has 0 N–H and O–H groups in total. The van der Waals surface area contributed by atoms with Crippen molar-refractivity contribution in [1.82, 2.24) is 4.90 Å². The fourth-order valence-electron chi connectivity index (χ4n) is 3.35. The second-order valence-electron chi connectivity index (χ2n) is 7.59. The zero-order valence-electron chi connectivity index (χ0n) is 17.8. The Labute approximate surface area is 182 Å². The molecular formula is C24H29NO4S. The number of hydrogen-bond donors (Lipinski definition) is 0. The molecule has 0 bridgehead atoms. The Morgan fingerprint density at radius 1 is 1.03 bits per heavy atom. The highest BCUT2D eigenvalue weighted by atomic mass is 32.2. The van der Waals surface area contributed by atoms with Crippen LogP contribution in [0.3, 0.4) is 0 Å². The molecule has 2 aromatic rings. The number of carbonyl (C=O) groups is 2. The van der Waals surface area contributed by atoms with E-state index in [0.717, 1.165) is 42.8 Å². The van der Waals surface area contributed by atoms with Crippen molar-refractivity contribution in [1.29, 1.82) is 0 Å². The second-order valence-corrected chi connectivity index (χ2v) is 8.57. The van der Waals surface area contributed by atoms with E-state index in [1.54, 1.807) is 6.26 Å². The Balaban J connectivity index is 1.84. The first-order valence-electron chi connectivity index (χ1n) is 10.5. The van der Waals surface area contributed by atoms with E-state index in [9.17, 15) is 9.59 Å². The smallest absolute Gasteiger partial charge is 0.267 e. The summed E-state index contributed by atoms with van der Waals surface area (Å²) in [5.74, 6) is 1.60. The van der Waals surface area contributed by atoms with Gasteiger partial charge < -0.3 is 9.15 Å². The fourth-order valence-corrected chi connectivity index (χ4v) is 4.39. The molecule has 0 atom stereocenters. The molecule has 0 radical (unpaired) electrons. The van der Waals surface area contributed by atoms with E-state index in [2.05, 4.69) is 6.92 Å². The van der Waals surface area contributed by atoms with Crippen molar-refractivity contribution in [2.75, 3.05) is 6.54 Å². The van der Waals surface area contributed by atoms with Crippen LogP contribution in [0.1, 0.15) is 57.8 Å². The predicted octanol–water partition coefficient (Wildman–Crippen LogP) is 5.66. The van der Waals surface area contributed by atoms with Gasteiger partial charge in [0.15, 0.2) is 0 Å². The minimum atomic E-state index is -0.212. The number of amides is 2. The summed E-state index contributed by atoms with van der Waals surface area (Å²) in [6.07, 6.45) is 5.74. The van der Waals surface area contributed by atoms with Gasteiger partial charge in [-0.2, -0.15) is 0 Å². The van der Waals surface area contributed by atoms with Crippen LogP contribution >= 0.6 is 11.8 Å². The lowest BCUT2D eigenvalue weighted by Crippen LogP contribution is -2.32. The van der Waals surface area contributed by atoms with Gasteiger partial charge in [0.05, 0.1) is 28.6 Å². The monoisotopic (exact) mass is 427 g/mol. The number of benzene rings is 1. The maximum atomic E-state index is 13.2. The lowest BCUT2D eigenvalue weighted by molar-refractivity contribution is -0.136. The first-order chi connectivity index (χ1) is 14.5. The van der Waals surface area contributed by atoms with Gasteiger partial charge in [0.25, 0.3) is 11.8 Å². The third-order valence-electron chi connectivity index (χ3n) is 4.81. The van der Waals surface area contributed by atoms with Crippen molar-refractivity contribution in [2.24, 2.45) is 0 Å². The standard InChI is InChI=1S/C24H29NO4S/c1-4-5-6-7-14-25-23(26)21(18-10-12-19(13-11-18)29-17(2)3)22(24(25)27)30-16-20-9-8-15-28-20/h8-13,15,17H,4-7,14,16H2,1-3H3. The molecule has 1 aromatic heterocycles. The summed E-state index contributed by atoms with van der Waals surface area (Å²) in [6.45, 7) is 6.53. The molecule has 0 saturated carbocycles. The van der Waals surface area contributed by atoms with Crippen molar-refractivity contribution in [3.05, 3.63) is 58.9 Å². The number of hydrogen-bond acceptors (Lipinski definition) is 5. The quantitative estimate of drug-likeness (QED) is 0.342. The van der Waals surface area contributed by atoms with Crippen LogP contribution in [-0.2, 0) is 15.3 Å². The van der Waals surface area contributed by atoms with Crippen LogP contribution < -0.4 is 4.74 Å². The predicted molar refractivity (Wildman–Crippen MR) is 120 cm³/mol. The van der Waals surface area contributed by atoms with Crippen LogP contribution in [0.2, 0.25) is 0 Å². The summed E-state index contributed by atoms with van der Waals surface area (Å²) in [7, 11) is 0. The van der Waals surface area contributed by atoms with Crippen molar-refractivity contribution in [2.45, 2.75) is 58.3 Å². The highest BCUT2D eigenvalue weighted by Gasteiger charge is 2.38. The third-order valence-corrected chi connectivity index (χ3v) is 5.91. The molecule has 160 valence electrons. The number of imide groups is 1. The molecule has 1 aliphatic heterocycles. The summed E-state index contributed by atoms with van der Waals surface area (Å²) in [6, 6.07) is 11.1. The van der Waals surface area contributed by atoms with Crippen molar-refractivity contribution >= 4 is 29.1 Å². The van der Waals surface area contributed by atoms with E-state index in [0.29, 0.717) is 22.8 Å². The first kappa shape index (κ1) is 22.2. The lowest BCUT2D eigenvalue weighted by atomic mass is 10.1. The van der Waals surface area contributed by atoms with E-state index >= 15 is 0 Å². The van der Waals surface area contributed by atoms with Gasteiger partial charge in [-0.15, -0.1) is 11.8 Å². The van der Waals surface area contributed by atoms with E-state index in [4.69, 9.17) is 9.15 Å². The van der Waals surface area contributed by atoms with Gasteiger partial charge in [-0.3, -0.25) is 14.5 Å². The molecule has 30 heavy (non-hydrogen) atoms. The van der Waals surface area contributed by atoms with Gasteiger partial charge in [-0.1, -0.05) is 38.3 Å². The number of carbonyl (C=O) groups excluding carboxylic acids is 2. The second kappa shape index (κ2) is 10.5. The summed E-state index contributed by atoms with van der Waals surface area (Å²) in [4.78, 5) is 28.2. The zero-order valence-corrected chi connectivity index (χ0v) is 18.7. The normalized spacial score (nSPS) is 14.3. The topological polar surface area (TPSA) is 59.8 Å². The number of unbranched alkanes of at least 4 members (excludes halogenated alkanes) is 3. The number of nitrogens with zero attached hydrogens (tertiary/aromatic N) is 1. The van der Waals surface area contributed by atoms with Gasteiger partial charge >= 0.3 is 0 Å². The molecule has 0 unspecified atom stereocenters. The Morgan fingerprint density at radius 3 is 2.43 bits per heavy atom. The fraction of sp³-hybridized carbons (Fsp3) is 0.417. The molecule has 1 aliphatic rings. The summed E-state index contributed by atoms with van der Waals surface area (Å²) in [5, 5.41) is 0. The van der Waals surface area contributed by atoms with Crippen molar-refractivity contribution in [3.63, 3.8) is 0 Å². The summed E-state index contributed by atoms with van der Waals surface area (Å²) >= 11 is 1.36. The maximum absolute atomic E-state index is 13.2. The summed E-state index contributed by atoms with van der Waals surface area (Å²) < 4.78 is 11.1. The number of thioether (sulfide) groups is 1. The SMILES string of the molecule is CCCCCCN1C(=O)C(SCc2ccco2)=C(c2ccc(OC(C)C)cc2)C1=O. The van der Waals surface area contributed by atoms with Crippen LogP contribution in [0.25, 0.3) is 5.57 Å². The number of rotatable bonds is 11. The minimum Gasteiger partial charge on any atom is -0.491 e. The average molecular weight is 428 g/mol. The molecule has 0 saturated heterocycles. The molecular weight excluding hydrogens is 398 g/mol. The van der Waals surface area contributed by atoms with Crippen molar-refractivity contribution in [3.8, 4) is 5.75 Å². The molecule has 3 rings (SSSR count).